The molecule has 2 amide bonds. The Bertz CT molecular complexity index is 1120. The SMILES string of the molecule is CCOc1ccc(NC(=O)c2ccc(NC(=O)C=CC(=O)c3ccc(F)cc3)cc2)cc1. The smallest absolute Gasteiger partial charge is 0.255 e. The summed E-state index contributed by atoms with van der Waals surface area (Å²) >= 11 is 0. The summed E-state index contributed by atoms with van der Waals surface area (Å²) in [5.41, 5.74) is 1.79. The quantitative estimate of drug-likeness (QED) is 0.394. The maximum atomic E-state index is 12.9. The number of nitrogens with one attached hydrogen (secondary N) is 2. The van der Waals surface area contributed by atoms with E-state index in [0.717, 1.165) is 17.9 Å². The number of benzene rings is 3. The highest BCUT2D eigenvalue weighted by atomic mass is 19.1. The Morgan fingerprint density at radius 3 is 1.97 bits per heavy atom. The van der Waals surface area contributed by atoms with Crippen LogP contribution in [0.15, 0.2) is 84.9 Å². The van der Waals surface area contributed by atoms with Gasteiger partial charge >= 0.3 is 0 Å². The van der Waals surface area contributed by atoms with Crippen LogP contribution in [-0.2, 0) is 4.79 Å². The van der Waals surface area contributed by atoms with Gasteiger partial charge in [-0.3, -0.25) is 14.4 Å². The summed E-state index contributed by atoms with van der Waals surface area (Å²) in [6.45, 7) is 2.46. The molecule has 0 bridgehead atoms. The minimum atomic E-state index is -0.507. The van der Waals surface area contributed by atoms with Crippen molar-refractivity contribution >= 4 is 29.0 Å². The summed E-state index contributed by atoms with van der Waals surface area (Å²) in [5.74, 6) is -0.941. The van der Waals surface area contributed by atoms with E-state index in [-0.39, 0.29) is 11.5 Å². The molecule has 0 unspecified atom stereocenters. The third-order valence-electron chi connectivity index (χ3n) is 4.35. The van der Waals surface area contributed by atoms with Gasteiger partial charge < -0.3 is 15.4 Å². The van der Waals surface area contributed by atoms with Crippen LogP contribution in [0.1, 0.15) is 27.6 Å². The van der Waals surface area contributed by atoms with Gasteiger partial charge in [-0.15, -0.1) is 0 Å². The van der Waals surface area contributed by atoms with Crippen molar-refractivity contribution in [2.75, 3.05) is 17.2 Å². The third kappa shape index (κ3) is 6.37. The fourth-order valence-corrected chi connectivity index (χ4v) is 2.76. The van der Waals surface area contributed by atoms with Gasteiger partial charge in [0.1, 0.15) is 11.6 Å². The second-order valence-electron chi connectivity index (χ2n) is 6.68. The van der Waals surface area contributed by atoms with Gasteiger partial charge in [-0.05, 0) is 85.8 Å². The lowest BCUT2D eigenvalue weighted by atomic mass is 10.1. The number of rotatable bonds is 8. The Hall–Kier alpha value is -4.26. The van der Waals surface area contributed by atoms with Gasteiger partial charge in [0.05, 0.1) is 6.61 Å². The molecule has 0 aromatic heterocycles. The van der Waals surface area contributed by atoms with E-state index in [1.807, 2.05) is 6.92 Å². The van der Waals surface area contributed by atoms with E-state index in [0.29, 0.717) is 23.5 Å². The maximum absolute atomic E-state index is 12.9. The normalized spacial score (nSPS) is 10.6. The first kappa shape index (κ1) is 22.4. The zero-order valence-corrected chi connectivity index (χ0v) is 17.3. The van der Waals surface area contributed by atoms with Crippen molar-refractivity contribution in [1.29, 1.82) is 0 Å². The number of amides is 2. The molecular formula is C25H21FN2O4. The molecule has 32 heavy (non-hydrogen) atoms. The molecule has 162 valence electrons. The molecule has 0 aliphatic heterocycles. The van der Waals surface area contributed by atoms with Crippen LogP contribution in [0.25, 0.3) is 0 Å². The van der Waals surface area contributed by atoms with E-state index in [1.165, 1.54) is 24.3 Å². The molecule has 0 aliphatic rings. The summed E-state index contributed by atoms with van der Waals surface area (Å²) in [4.78, 5) is 36.4. The number of hydrogen-bond donors (Lipinski definition) is 2. The van der Waals surface area contributed by atoms with Crippen molar-refractivity contribution in [1.82, 2.24) is 0 Å². The molecule has 0 aliphatic carbocycles. The van der Waals surface area contributed by atoms with Gasteiger partial charge in [-0.25, -0.2) is 4.39 Å². The average Bonchev–Trinajstić information content (AvgIpc) is 2.80. The number of allylic oxidation sites excluding steroid dienone is 1. The fourth-order valence-electron chi connectivity index (χ4n) is 2.76. The van der Waals surface area contributed by atoms with Crippen molar-refractivity contribution in [3.8, 4) is 5.75 Å². The van der Waals surface area contributed by atoms with Crippen LogP contribution in [0, 0.1) is 5.82 Å². The predicted molar refractivity (Wildman–Crippen MR) is 121 cm³/mol. The van der Waals surface area contributed by atoms with Gasteiger partial charge in [-0.1, -0.05) is 0 Å². The lowest BCUT2D eigenvalue weighted by Gasteiger charge is -2.08. The number of carbonyl (C=O) groups excluding carboxylic acids is 3. The molecule has 0 atom stereocenters. The van der Waals surface area contributed by atoms with Crippen LogP contribution in [0.3, 0.4) is 0 Å². The molecule has 0 saturated heterocycles. The van der Waals surface area contributed by atoms with Gasteiger partial charge in [0.25, 0.3) is 5.91 Å². The number of carbonyl (C=O) groups is 3. The van der Waals surface area contributed by atoms with Gasteiger partial charge in [0.15, 0.2) is 5.78 Å². The zero-order valence-electron chi connectivity index (χ0n) is 17.3. The number of hydrogen-bond acceptors (Lipinski definition) is 4. The minimum absolute atomic E-state index is 0.276. The van der Waals surface area contributed by atoms with Crippen molar-refractivity contribution in [2.24, 2.45) is 0 Å². The molecule has 3 aromatic rings. The van der Waals surface area contributed by atoms with Gasteiger partial charge in [-0.2, -0.15) is 0 Å². The Kier molecular flexibility index (Phi) is 7.48. The van der Waals surface area contributed by atoms with Crippen molar-refractivity contribution < 1.29 is 23.5 Å². The Labute approximate surface area is 184 Å². The zero-order chi connectivity index (χ0) is 22.9. The van der Waals surface area contributed by atoms with E-state index >= 15 is 0 Å². The van der Waals surface area contributed by atoms with Crippen LogP contribution in [0.5, 0.6) is 5.75 Å². The molecule has 0 heterocycles. The van der Waals surface area contributed by atoms with Crippen LogP contribution < -0.4 is 15.4 Å². The maximum Gasteiger partial charge on any atom is 0.255 e. The lowest BCUT2D eigenvalue weighted by molar-refractivity contribution is -0.111. The molecule has 0 fully saturated rings. The third-order valence-corrected chi connectivity index (χ3v) is 4.35. The average molecular weight is 432 g/mol. The summed E-state index contributed by atoms with van der Waals surface area (Å²) < 4.78 is 18.3. The van der Waals surface area contributed by atoms with E-state index in [1.54, 1.807) is 48.5 Å². The summed E-state index contributed by atoms with van der Waals surface area (Å²) in [7, 11) is 0. The van der Waals surface area contributed by atoms with Crippen LogP contribution in [-0.4, -0.2) is 24.2 Å². The van der Waals surface area contributed by atoms with Crippen molar-refractivity contribution in [3.63, 3.8) is 0 Å². The molecule has 0 saturated carbocycles. The first-order valence-electron chi connectivity index (χ1n) is 9.88. The second-order valence-corrected chi connectivity index (χ2v) is 6.68. The van der Waals surface area contributed by atoms with Crippen LogP contribution in [0.4, 0.5) is 15.8 Å². The van der Waals surface area contributed by atoms with E-state index in [9.17, 15) is 18.8 Å². The minimum Gasteiger partial charge on any atom is -0.494 e. The van der Waals surface area contributed by atoms with E-state index in [2.05, 4.69) is 10.6 Å². The summed E-state index contributed by atoms with van der Waals surface area (Å²) in [5, 5.41) is 5.39. The molecule has 0 spiro atoms. The molecule has 3 rings (SSSR count). The Balaban J connectivity index is 1.54. The number of ketones is 1. The first-order chi connectivity index (χ1) is 15.4. The standard InChI is InChI=1S/C25H21FN2O4/c1-2-32-22-13-11-21(12-14-22)28-25(31)18-5-9-20(10-6-18)27-24(30)16-15-23(29)17-3-7-19(26)8-4-17/h3-16H,2H2,1H3,(H,27,30)(H,28,31). The van der Waals surface area contributed by atoms with Crippen molar-refractivity contribution in [2.45, 2.75) is 6.92 Å². The lowest BCUT2D eigenvalue weighted by Crippen LogP contribution is -2.12. The van der Waals surface area contributed by atoms with Crippen LogP contribution in [0.2, 0.25) is 0 Å². The Morgan fingerprint density at radius 1 is 0.781 bits per heavy atom. The number of anilines is 2. The predicted octanol–water partition coefficient (Wildman–Crippen LogP) is 4.85. The highest BCUT2D eigenvalue weighted by molar-refractivity contribution is 6.10. The topological polar surface area (TPSA) is 84.5 Å². The van der Waals surface area contributed by atoms with Crippen molar-refractivity contribution in [3.05, 3.63) is 102 Å². The molecule has 6 nitrogen and oxygen atoms in total. The second kappa shape index (κ2) is 10.7. The molecule has 3 aromatic carbocycles. The molecular weight excluding hydrogens is 411 g/mol. The highest BCUT2D eigenvalue weighted by Crippen LogP contribution is 2.17. The molecule has 7 heteroatoms. The van der Waals surface area contributed by atoms with E-state index < -0.39 is 17.5 Å². The van der Waals surface area contributed by atoms with Gasteiger partial charge in [0.2, 0.25) is 5.91 Å². The fraction of sp³-hybridized carbons (Fsp3) is 0.0800. The summed E-state index contributed by atoms with van der Waals surface area (Å²) in [6, 6.07) is 18.4. The first-order valence-corrected chi connectivity index (χ1v) is 9.88. The largest absolute Gasteiger partial charge is 0.494 e. The van der Waals surface area contributed by atoms with Gasteiger partial charge in [0, 0.05) is 28.6 Å². The monoisotopic (exact) mass is 432 g/mol. The molecule has 0 radical (unpaired) electrons. The molecule has 2 N–H and O–H groups in total. The Morgan fingerprint density at radius 2 is 1.34 bits per heavy atom. The summed E-state index contributed by atoms with van der Waals surface area (Å²) in [6.07, 6.45) is 2.21. The number of ether oxygens (including phenoxy) is 1. The van der Waals surface area contributed by atoms with Crippen LogP contribution >= 0.6 is 0 Å². The van der Waals surface area contributed by atoms with E-state index in [4.69, 9.17) is 4.74 Å². The highest BCUT2D eigenvalue weighted by Gasteiger charge is 2.08. The number of halogens is 1.